The average Bonchev–Trinajstić information content (AvgIpc) is 2.93. The average molecular weight is 595 g/mol. The van der Waals surface area contributed by atoms with Gasteiger partial charge in [-0.3, -0.25) is 14.4 Å². The van der Waals surface area contributed by atoms with Crippen LogP contribution in [-0.4, -0.2) is 44.3 Å². The van der Waals surface area contributed by atoms with Crippen LogP contribution in [0.1, 0.15) is 128 Å². The second-order valence-electron chi connectivity index (χ2n) is 9.51. The highest BCUT2D eigenvalue weighted by atomic mass is 16.4. The summed E-state index contributed by atoms with van der Waals surface area (Å²) in [6.07, 6.45) is 28.2. The summed E-state index contributed by atoms with van der Waals surface area (Å²) in [5, 5.41) is 33.0. The van der Waals surface area contributed by atoms with E-state index in [2.05, 4.69) is 26.3 Å². The van der Waals surface area contributed by atoms with Crippen molar-refractivity contribution < 1.29 is 39.6 Å². The Morgan fingerprint density at radius 3 is 0.976 bits per heavy atom. The van der Waals surface area contributed by atoms with Crippen molar-refractivity contribution in [3.8, 4) is 0 Å². The van der Waals surface area contributed by atoms with Crippen LogP contribution in [0.5, 0.6) is 0 Å². The van der Waals surface area contributed by atoms with Gasteiger partial charge in [0.15, 0.2) is 0 Å². The first-order valence-corrected chi connectivity index (χ1v) is 15.1. The number of carboxylic acid groups (broad SMARTS) is 4. The molecule has 0 saturated carbocycles. The first kappa shape index (κ1) is 45.6. The highest BCUT2D eigenvalue weighted by Gasteiger charge is 1.96. The van der Waals surface area contributed by atoms with Crippen molar-refractivity contribution in [3.63, 3.8) is 0 Å². The molecule has 0 spiro atoms. The molecule has 0 unspecified atom stereocenters. The molecule has 0 aromatic heterocycles. The van der Waals surface area contributed by atoms with Gasteiger partial charge < -0.3 is 20.4 Å². The van der Waals surface area contributed by atoms with Crippen LogP contribution in [0.15, 0.2) is 62.8 Å². The largest absolute Gasteiger partial charge is 0.481 e. The van der Waals surface area contributed by atoms with E-state index in [4.69, 9.17) is 20.4 Å². The van der Waals surface area contributed by atoms with Crippen LogP contribution in [-0.2, 0) is 19.2 Å². The fraction of sp³-hybridized carbons (Fsp3) is 0.588. The Balaban J connectivity index is -0.000000230. The molecule has 0 bridgehead atoms. The van der Waals surface area contributed by atoms with E-state index in [1.54, 1.807) is 12.2 Å². The summed E-state index contributed by atoms with van der Waals surface area (Å²) in [5.74, 6) is -2.95. The highest BCUT2D eigenvalue weighted by molar-refractivity contribution is 5.79. The minimum Gasteiger partial charge on any atom is -0.481 e. The fourth-order valence-electron chi connectivity index (χ4n) is 3.15. The summed E-state index contributed by atoms with van der Waals surface area (Å²) >= 11 is 0. The number of hydrogen-bond acceptors (Lipinski definition) is 4. The maximum Gasteiger partial charge on any atom is 0.327 e. The van der Waals surface area contributed by atoms with Gasteiger partial charge in [-0.2, -0.15) is 0 Å². The van der Waals surface area contributed by atoms with Crippen molar-refractivity contribution in [2.24, 2.45) is 0 Å². The van der Waals surface area contributed by atoms with E-state index in [1.165, 1.54) is 12.8 Å². The Hall–Kier alpha value is -3.42. The fourth-order valence-corrected chi connectivity index (χ4v) is 3.15. The van der Waals surface area contributed by atoms with Crippen molar-refractivity contribution in [2.45, 2.75) is 128 Å². The Morgan fingerprint density at radius 2 is 0.690 bits per heavy atom. The smallest absolute Gasteiger partial charge is 0.327 e. The molecule has 0 aromatic carbocycles. The number of carbonyl (C=O) groups is 4. The third-order valence-corrected chi connectivity index (χ3v) is 5.44. The van der Waals surface area contributed by atoms with Crippen LogP contribution >= 0.6 is 0 Å². The summed E-state index contributed by atoms with van der Waals surface area (Å²) in [7, 11) is 0. The Labute approximate surface area is 254 Å². The molecule has 42 heavy (non-hydrogen) atoms. The number of hydrogen-bond donors (Lipinski definition) is 4. The monoisotopic (exact) mass is 594 g/mol. The van der Waals surface area contributed by atoms with E-state index < -0.39 is 23.9 Å². The zero-order valence-corrected chi connectivity index (χ0v) is 25.9. The van der Waals surface area contributed by atoms with E-state index in [0.29, 0.717) is 19.3 Å². The van der Waals surface area contributed by atoms with E-state index in [1.807, 2.05) is 18.2 Å². The summed E-state index contributed by atoms with van der Waals surface area (Å²) in [4.78, 5) is 40.1. The van der Waals surface area contributed by atoms with Crippen LogP contribution < -0.4 is 0 Å². The van der Waals surface area contributed by atoms with Crippen LogP contribution in [0.2, 0.25) is 0 Å². The molecule has 0 aliphatic carbocycles. The Morgan fingerprint density at radius 1 is 0.405 bits per heavy atom. The molecule has 0 aromatic rings. The quantitative estimate of drug-likeness (QED) is 0.0464. The van der Waals surface area contributed by atoms with E-state index in [9.17, 15) is 19.2 Å². The molecule has 0 rings (SSSR count). The van der Waals surface area contributed by atoms with E-state index >= 15 is 0 Å². The molecule has 8 nitrogen and oxygen atoms in total. The minimum absolute atomic E-state index is 0.303. The van der Waals surface area contributed by atoms with E-state index in [0.717, 1.165) is 102 Å². The number of rotatable bonds is 25. The number of unbranched alkanes of at least 4 members (excludes halogenated alkanes) is 13. The SMILES string of the molecule is C=CCCC=CC(=O)O.C=CCCCCCC(=O)O.C=CCCCCCCC(=O)O.C=CCCCCCCCC(=O)O. The highest BCUT2D eigenvalue weighted by Crippen LogP contribution is 2.07. The van der Waals surface area contributed by atoms with Crippen molar-refractivity contribution in [2.75, 3.05) is 0 Å². The molecule has 0 atom stereocenters. The maximum atomic E-state index is 10.1. The first-order valence-electron chi connectivity index (χ1n) is 15.1. The number of carboxylic acids is 4. The normalized spacial score (nSPS) is 9.52. The third kappa shape index (κ3) is 65.5. The van der Waals surface area contributed by atoms with Crippen molar-refractivity contribution in [1.29, 1.82) is 0 Å². The molecule has 0 fully saturated rings. The second kappa shape index (κ2) is 42.1. The van der Waals surface area contributed by atoms with Gasteiger partial charge in [0.1, 0.15) is 0 Å². The lowest BCUT2D eigenvalue weighted by Crippen LogP contribution is -1.93. The lowest BCUT2D eigenvalue weighted by Gasteiger charge is -1.97. The Kier molecular flexibility index (Phi) is 45.6. The zero-order chi connectivity index (χ0) is 32.7. The van der Waals surface area contributed by atoms with Gasteiger partial charge in [-0.05, 0) is 70.6 Å². The lowest BCUT2D eigenvalue weighted by atomic mass is 10.1. The second-order valence-corrected chi connectivity index (χ2v) is 9.51. The molecule has 0 aliphatic heterocycles. The van der Waals surface area contributed by atoms with Gasteiger partial charge >= 0.3 is 23.9 Å². The molecule has 0 saturated heterocycles. The Bertz CT molecular complexity index is 725. The molecule has 8 heteroatoms. The zero-order valence-electron chi connectivity index (χ0n) is 25.9. The summed E-state index contributed by atoms with van der Waals surface area (Å²) in [6.45, 7) is 14.3. The first-order chi connectivity index (χ1) is 20.1. The predicted octanol–water partition coefficient (Wildman–Crippen LogP) is 9.39. The molecule has 0 radical (unpaired) electrons. The van der Waals surface area contributed by atoms with Gasteiger partial charge in [0.25, 0.3) is 0 Å². The topological polar surface area (TPSA) is 149 Å². The lowest BCUT2D eigenvalue weighted by molar-refractivity contribution is -0.138. The van der Waals surface area contributed by atoms with Gasteiger partial charge in [-0.1, -0.05) is 68.9 Å². The summed E-state index contributed by atoms with van der Waals surface area (Å²) in [5.41, 5.74) is 0. The minimum atomic E-state index is -0.890. The summed E-state index contributed by atoms with van der Waals surface area (Å²) in [6, 6.07) is 0. The molecule has 0 heterocycles. The van der Waals surface area contributed by atoms with Gasteiger partial charge in [-0.15, -0.1) is 26.3 Å². The van der Waals surface area contributed by atoms with Crippen molar-refractivity contribution in [3.05, 3.63) is 62.8 Å². The molecule has 242 valence electrons. The molecular weight excluding hydrogens is 536 g/mol. The number of aliphatic carboxylic acids is 4. The van der Waals surface area contributed by atoms with Crippen molar-refractivity contribution in [1.82, 2.24) is 0 Å². The molecule has 0 amide bonds. The molecular formula is C34H58O8. The predicted molar refractivity (Wildman–Crippen MR) is 173 cm³/mol. The summed E-state index contributed by atoms with van der Waals surface area (Å²) < 4.78 is 0. The maximum absolute atomic E-state index is 10.1. The van der Waals surface area contributed by atoms with E-state index in [-0.39, 0.29) is 0 Å². The van der Waals surface area contributed by atoms with Gasteiger partial charge in [0.2, 0.25) is 0 Å². The van der Waals surface area contributed by atoms with Gasteiger partial charge in [0, 0.05) is 25.3 Å². The van der Waals surface area contributed by atoms with Crippen LogP contribution in [0, 0.1) is 0 Å². The van der Waals surface area contributed by atoms with Crippen molar-refractivity contribution >= 4 is 23.9 Å². The molecule has 4 N–H and O–H groups in total. The van der Waals surface area contributed by atoms with Gasteiger partial charge in [0.05, 0.1) is 0 Å². The number of allylic oxidation sites excluding steroid dienone is 5. The third-order valence-electron chi connectivity index (χ3n) is 5.44. The standard InChI is InChI=1S/C10H18O2.C9H16O2.C8H14O2.C7H10O2/c1-2-3-4-5-6-7-8-9-10(11)12;1-2-3-4-5-6-7-8-9(10)11;1-2-3-4-5-6-7-8(9)10;1-2-3-4-5-6-7(8)9/h2H,1,3-9H2,(H,11,12);2H,1,3-8H2,(H,10,11);2H,1,3-7H2,(H,9,10);2,5-6H,1,3-4H2,(H,8,9). The van der Waals surface area contributed by atoms with Crippen LogP contribution in [0.4, 0.5) is 0 Å². The molecule has 0 aliphatic rings. The van der Waals surface area contributed by atoms with Gasteiger partial charge in [-0.25, -0.2) is 4.79 Å². The van der Waals surface area contributed by atoms with Crippen LogP contribution in [0.25, 0.3) is 0 Å². The van der Waals surface area contributed by atoms with Crippen LogP contribution in [0.3, 0.4) is 0 Å².